The molecule has 0 aromatic heterocycles. The fraction of sp³-hybridized carbons (Fsp3) is 0.417. The summed E-state index contributed by atoms with van der Waals surface area (Å²) < 4.78 is 48.5. The van der Waals surface area contributed by atoms with Gasteiger partial charge in [-0.25, -0.2) is 17.8 Å². The third-order valence-corrected chi connectivity index (χ3v) is 3.41. The number of anilines is 1. The van der Waals surface area contributed by atoms with E-state index in [2.05, 4.69) is 0 Å². The molecule has 1 atom stereocenters. The zero-order chi connectivity index (χ0) is 15.4. The molecule has 0 aliphatic rings. The molecular weight excluding hydrogens is 292 g/mol. The molecule has 0 amide bonds. The van der Waals surface area contributed by atoms with E-state index < -0.39 is 40.1 Å². The van der Waals surface area contributed by atoms with Crippen LogP contribution in [-0.2, 0) is 11.3 Å². The lowest BCUT2D eigenvalue weighted by molar-refractivity contribution is 0.0686. The molecule has 0 saturated carbocycles. The van der Waals surface area contributed by atoms with Crippen molar-refractivity contribution in [3.8, 4) is 0 Å². The van der Waals surface area contributed by atoms with Crippen molar-refractivity contribution in [3.05, 3.63) is 29.3 Å². The van der Waals surface area contributed by atoms with Gasteiger partial charge in [-0.1, -0.05) is 13.8 Å². The number of carboxylic acids is 1. The minimum absolute atomic E-state index is 0.0440. The molecule has 5 nitrogen and oxygen atoms in total. The van der Waals surface area contributed by atoms with Gasteiger partial charge in [0.15, 0.2) is 5.82 Å². The molecule has 0 saturated heterocycles. The van der Waals surface area contributed by atoms with E-state index in [1.54, 1.807) is 0 Å². The number of hydrogen-bond donors (Lipinski definition) is 2. The summed E-state index contributed by atoms with van der Waals surface area (Å²) in [4.78, 5) is 10.8. The number of hydrogen-bond acceptors (Lipinski definition) is 2. The van der Waals surface area contributed by atoms with Crippen LogP contribution in [0.2, 0.25) is 0 Å². The Bertz CT molecular complexity index is 536. The molecule has 1 unspecified atom stereocenters. The molecular formula is C12H15F2NO4S. The van der Waals surface area contributed by atoms with Crippen LogP contribution in [0, 0.1) is 17.6 Å². The first-order valence-electron chi connectivity index (χ1n) is 5.85. The van der Waals surface area contributed by atoms with Gasteiger partial charge in [0.25, 0.3) is 11.3 Å². The maximum Gasteiger partial charge on any atom is 0.341 e. The summed E-state index contributed by atoms with van der Waals surface area (Å²) in [6, 6.07) is 1.71. The third kappa shape index (κ3) is 3.73. The van der Waals surface area contributed by atoms with Crippen molar-refractivity contribution in [2.75, 3.05) is 10.8 Å². The number of halogens is 2. The van der Waals surface area contributed by atoms with E-state index in [-0.39, 0.29) is 12.5 Å². The van der Waals surface area contributed by atoms with Crippen LogP contribution < -0.4 is 4.31 Å². The molecule has 0 heterocycles. The second kappa shape index (κ2) is 6.76. The van der Waals surface area contributed by atoms with E-state index in [1.165, 1.54) is 0 Å². The van der Waals surface area contributed by atoms with Gasteiger partial charge in [-0.3, -0.25) is 8.86 Å². The Morgan fingerprint density at radius 1 is 1.40 bits per heavy atom. The average molecular weight is 307 g/mol. The Hall–Kier alpha value is -1.54. The van der Waals surface area contributed by atoms with Crippen LogP contribution in [-0.4, -0.2) is 26.4 Å². The number of carbonyl (C=O) groups is 1. The Labute approximate surface area is 117 Å². The van der Waals surface area contributed by atoms with Crippen molar-refractivity contribution in [2.24, 2.45) is 5.92 Å². The van der Waals surface area contributed by atoms with Crippen molar-refractivity contribution in [1.29, 1.82) is 0 Å². The number of aromatic carboxylic acids is 1. The quantitative estimate of drug-likeness (QED) is 0.792. The van der Waals surface area contributed by atoms with Crippen LogP contribution in [0.3, 0.4) is 0 Å². The van der Waals surface area contributed by atoms with E-state index in [4.69, 9.17) is 5.11 Å². The normalized spacial score (nSPS) is 12.5. The SMILES string of the molecule is CC(C)CCN(c1ccc(F)c(C(=O)O)c1F)S(=O)O. The van der Waals surface area contributed by atoms with E-state index in [9.17, 15) is 22.3 Å². The molecule has 1 aromatic carbocycles. The first-order chi connectivity index (χ1) is 9.25. The fourth-order valence-electron chi connectivity index (χ4n) is 1.59. The zero-order valence-electron chi connectivity index (χ0n) is 11.0. The highest BCUT2D eigenvalue weighted by Crippen LogP contribution is 2.26. The van der Waals surface area contributed by atoms with Crippen LogP contribution in [0.15, 0.2) is 12.1 Å². The van der Waals surface area contributed by atoms with Gasteiger partial charge in [0.2, 0.25) is 0 Å². The fourth-order valence-corrected chi connectivity index (χ4v) is 2.16. The van der Waals surface area contributed by atoms with E-state index in [0.717, 1.165) is 16.4 Å². The van der Waals surface area contributed by atoms with Gasteiger partial charge in [0.1, 0.15) is 11.4 Å². The Morgan fingerprint density at radius 2 is 2.00 bits per heavy atom. The van der Waals surface area contributed by atoms with Crippen LogP contribution in [0.25, 0.3) is 0 Å². The monoisotopic (exact) mass is 307 g/mol. The molecule has 112 valence electrons. The van der Waals surface area contributed by atoms with E-state index in [1.807, 2.05) is 13.8 Å². The Kier molecular flexibility index (Phi) is 5.58. The molecule has 0 spiro atoms. The molecule has 1 rings (SSSR count). The van der Waals surface area contributed by atoms with Crippen molar-refractivity contribution in [2.45, 2.75) is 20.3 Å². The van der Waals surface area contributed by atoms with Crippen LogP contribution >= 0.6 is 0 Å². The van der Waals surface area contributed by atoms with Crippen molar-refractivity contribution < 1.29 is 27.4 Å². The number of benzene rings is 1. The summed E-state index contributed by atoms with van der Waals surface area (Å²) >= 11 is -2.53. The number of rotatable bonds is 6. The molecule has 0 bridgehead atoms. The minimum Gasteiger partial charge on any atom is -0.477 e. The minimum atomic E-state index is -2.53. The maximum atomic E-state index is 14.0. The Balaban J connectivity index is 3.24. The lowest BCUT2D eigenvalue weighted by Gasteiger charge is -2.22. The van der Waals surface area contributed by atoms with Gasteiger partial charge in [0, 0.05) is 6.54 Å². The maximum absolute atomic E-state index is 14.0. The zero-order valence-corrected chi connectivity index (χ0v) is 11.8. The second-order valence-corrected chi connectivity index (χ2v) is 5.48. The summed E-state index contributed by atoms with van der Waals surface area (Å²) in [6.07, 6.45) is 0.492. The highest BCUT2D eigenvalue weighted by molar-refractivity contribution is 7.80. The summed E-state index contributed by atoms with van der Waals surface area (Å²) in [5.74, 6) is -4.16. The van der Waals surface area contributed by atoms with Gasteiger partial charge in [-0.05, 0) is 24.5 Å². The summed E-state index contributed by atoms with van der Waals surface area (Å²) in [5, 5.41) is 8.77. The first kappa shape index (κ1) is 16.5. The van der Waals surface area contributed by atoms with Crippen LogP contribution in [0.4, 0.5) is 14.5 Å². The van der Waals surface area contributed by atoms with Crippen molar-refractivity contribution in [1.82, 2.24) is 0 Å². The predicted molar refractivity (Wildman–Crippen MR) is 70.9 cm³/mol. The molecule has 2 N–H and O–H groups in total. The highest BCUT2D eigenvalue weighted by atomic mass is 32.2. The molecule has 20 heavy (non-hydrogen) atoms. The lowest BCUT2D eigenvalue weighted by atomic mass is 10.1. The van der Waals surface area contributed by atoms with E-state index in [0.29, 0.717) is 6.42 Å². The predicted octanol–water partition coefficient (Wildman–Crippen LogP) is 2.65. The summed E-state index contributed by atoms with van der Waals surface area (Å²) in [6.45, 7) is 3.80. The molecule has 8 heteroatoms. The third-order valence-electron chi connectivity index (χ3n) is 2.65. The van der Waals surface area contributed by atoms with Crippen LogP contribution in [0.5, 0.6) is 0 Å². The summed E-state index contributed by atoms with van der Waals surface area (Å²) in [5.41, 5.74) is -1.55. The number of carboxylic acid groups (broad SMARTS) is 1. The first-order valence-corrected chi connectivity index (χ1v) is 6.91. The van der Waals surface area contributed by atoms with Gasteiger partial charge in [0.05, 0.1) is 5.69 Å². The smallest absolute Gasteiger partial charge is 0.341 e. The largest absolute Gasteiger partial charge is 0.477 e. The molecule has 1 aromatic rings. The lowest BCUT2D eigenvalue weighted by Crippen LogP contribution is -2.29. The standard InChI is InChI=1S/C12H15F2NO4S/c1-7(2)5-6-15(20(18)19)9-4-3-8(13)10(11(9)14)12(16)17/h3-4,7H,5-6H2,1-2H3,(H,16,17)(H,18,19). The van der Waals surface area contributed by atoms with Gasteiger partial charge >= 0.3 is 5.97 Å². The van der Waals surface area contributed by atoms with E-state index >= 15 is 0 Å². The molecule has 0 fully saturated rings. The van der Waals surface area contributed by atoms with Crippen molar-refractivity contribution in [3.63, 3.8) is 0 Å². The van der Waals surface area contributed by atoms with Gasteiger partial charge < -0.3 is 5.11 Å². The highest BCUT2D eigenvalue weighted by Gasteiger charge is 2.25. The van der Waals surface area contributed by atoms with Gasteiger partial charge in [-0.15, -0.1) is 0 Å². The molecule has 0 radical (unpaired) electrons. The average Bonchev–Trinajstić information content (AvgIpc) is 2.30. The number of nitrogens with zero attached hydrogens (tertiary/aromatic N) is 1. The molecule has 0 aliphatic heterocycles. The van der Waals surface area contributed by atoms with Gasteiger partial charge in [-0.2, -0.15) is 0 Å². The Morgan fingerprint density at radius 3 is 2.45 bits per heavy atom. The summed E-state index contributed by atoms with van der Waals surface area (Å²) in [7, 11) is 0. The van der Waals surface area contributed by atoms with Crippen molar-refractivity contribution >= 4 is 22.9 Å². The second-order valence-electron chi connectivity index (χ2n) is 4.58. The van der Waals surface area contributed by atoms with Crippen LogP contribution in [0.1, 0.15) is 30.6 Å². The topological polar surface area (TPSA) is 77.8 Å². The molecule has 0 aliphatic carbocycles.